The van der Waals surface area contributed by atoms with Gasteiger partial charge in [-0.2, -0.15) is 0 Å². The molecule has 0 aromatic rings. The van der Waals surface area contributed by atoms with Gasteiger partial charge in [-0.25, -0.2) is 0 Å². The Hall–Kier alpha value is -1.14. The van der Waals surface area contributed by atoms with Gasteiger partial charge in [0.25, 0.3) is 0 Å². The van der Waals surface area contributed by atoms with Crippen molar-refractivity contribution < 1.29 is 48.6 Å². The Morgan fingerprint density at radius 1 is 0.811 bits per heavy atom. The Bertz CT molecular complexity index is 1290. The summed E-state index contributed by atoms with van der Waals surface area (Å²) >= 11 is 0. The monoisotopic (exact) mass is 751 g/mol. The van der Waals surface area contributed by atoms with Crippen molar-refractivity contribution in [1.29, 1.82) is 0 Å². The molecule has 306 valence electrons. The number of carboxylic acid groups (broad SMARTS) is 1. The Labute approximate surface area is 319 Å². The van der Waals surface area contributed by atoms with E-state index < -0.39 is 46.4 Å². The fourth-order valence-electron chi connectivity index (χ4n) is 11.3. The number of carbonyl (C=O) groups excluding carboxylic acids is 1. The van der Waals surface area contributed by atoms with Gasteiger partial charge in [-0.3, -0.25) is 9.59 Å². The summed E-state index contributed by atoms with van der Waals surface area (Å²) in [5.41, 5.74) is -2.27. The van der Waals surface area contributed by atoms with Crippen molar-refractivity contribution >= 4 is 11.8 Å². The van der Waals surface area contributed by atoms with E-state index in [0.717, 1.165) is 12.8 Å². The van der Waals surface area contributed by atoms with Gasteiger partial charge in [-0.05, 0) is 109 Å². The smallest absolute Gasteiger partial charge is 0.309 e. The number of ketones is 1. The molecule has 10 heteroatoms. The summed E-state index contributed by atoms with van der Waals surface area (Å²) in [6, 6.07) is 0. The molecule has 5 rings (SSSR count). The van der Waals surface area contributed by atoms with Crippen molar-refractivity contribution in [3.63, 3.8) is 0 Å². The molecule has 0 amide bonds. The number of hydrogen-bond donors (Lipinski definition) is 3. The zero-order valence-electron chi connectivity index (χ0n) is 34.8. The summed E-state index contributed by atoms with van der Waals surface area (Å²) in [6.45, 7) is 22.6. The maximum absolute atomic E-state index is 14.5. The number of hydrogen-bond acceptors (Lipinski definition) is 9. The topological polar surface area (TPSA) is 141 Å². The minimum atomic E-state index is -1.24. The second-order valence-corrected chi connectivity index (χ2v) is 18.9. The highest BCUT2D eigenvalue weighted by Crippen LogP contribution is 2.56. The lowest BCUT2D eigenvalue weighted by Crippen LogP contribution is -2.65. The van der Waals surface area contributed by atoms with Crippen LogP contribution in [-0.4, -0.2) is 86.0 Å². The number of aliphatic carboxylic acids is 1. The van der Waals surface area contributed by atoms with Gasteiger partial charge in [-0.15, -0.1) is 0 Å². The third-order valence-electron chi connectivity index (χ3n) is 15.1. The summed E-state index contributed by atoms with van der Waals surface area (Å²) in [4.78, 5) is 26.6. The molecule has 0 unspecified atom stereocenters. The van der Waals surface area contributed by atoms with Crippen molar-refractivity contribution in [3.8, 4) is 0 Å². The first-order valence-electron chi connectivity index (χ1n) is 21.3. The molecule has 0 radical (unpaired) electrons. The third kappa shape index (κ3) is 8.04. The lowest BCUT2D eigenvalue weighted by Gasteiger charge is -2.56. The van der Waals surface area contributed by atoms with Gasteiger partial charge in [0.15, 0.2) is 11.6 Å². The normalized spacial score (nSPS) is 47.3. The molecule has 5 saturated heterocycles. The first-order chi connectivity index (χ1) is 24.7. The van der Waals surface area contributed by atoms with Gasteiger partial charge in [0.2, 0.25) is 0 Å². The van der Waals surface area contributed by atoms with Crippen molar-refractivity contribution in [2.45, 2.75) is 219 Å². The molecule has 0 aromatic heterocycles. The summed E-state index contributed by atoms with van der Waals surface area (Å²) in [7, 11) is 0. The van der Waals surface area contributed by atoms with Gasteiger partial charge in [0.1, 0.15) is 11.9 Å². The molecule has 5 heterocycles. The highest BCUT2D eigenvalue weighted by molar-refractivity contribution is 5.83. The minimum absolute atomic E-state index is 0.0288. The Kier molecular flexibility index (Phi) is 13.0. The zero-order chi connectivity index (χ0) is 39.3. The Morgan fingerprint density at radius 3 is 2.11 bits per heavy atom. The van der Waals surface area contributed by atoms with Crippen LogP contribution in [0.3, 0.4) is 0 Å². The molecule has 0 aromatic carbocycles. The number of aliphatic hydroxyl groups excluding tert-OH is 1. The first-order valence-corrected chi connectivity index (χ1v) is 21.3. The van der Waals surface area contributed by atoms with E-state index in [4.69, 9.17) is 23.7 Å². The molecular formula is C43H74O10. The lowest BCUT2D eigenvalue weighted by atomic mass is 9.72. The van der Waals surface area contributed by atoms with E-state index in [9.17, 15) is 24.9 Å². The van der Waals surface area contributed by atoms with E-state index in [-0.39, 0.29) is 65.7 Å². The molecule has 2 spiro atoms. The minimum Gasteiger partial charge on any atom is -0.481 e. The number of ether oxygens (including phenoxy) is 5. The Morgan fingerprint density at radius 2 is 1.51 bits per heavy atom. The van der Waals surface area contributed by atoms with Crippen LogP contribution in [0.1, 0.15) is 160 Å². The predicted octanol–water partition coefficient (Wildman–Crippen LogP) is 7.83. The van der Waals surface area contributed by atoms with Crippen LogP contribution >= 0.6 is 0 Å². The molecule has 17 atom stereocenters. The molecule has 5 aliphatic rings. The van der Waals surface area contributed by atoms with Crippen LogP contribution in [0, 0.1) is 41.4 Å². The molecule has 10 nitrogen and oxygen atoms in total. The predicted molar refractivity (Wildman–Crippen MR) is 202 cm³/mol. The van der Waals surface area contributed by atoms with Gasteiger partial charge < -0.3 is 39.0 Å². The average molecular weight is 751 g/mol. The van der Waals surface area contributed by atoms with Crippen molar-refractivity contribution in [3.05, 3.63) is 0 Å². The summed E-state index contributed by atoms with van der Waals surface area (Å²) < 4.78 is 34.1. The summed E-state index contributed by atoms with van der Waals surface area (Å²) in [6.07, 6.45) is 6.48. The van der Waals surface area contributed by atoms with Crippen LogP contribution in [0.15, 0.2) is 0 Å². The molecule has 53 heavy (non-hydrogen) atoms. The maximum atomic E-state index is 14.5. The average Bonchev–Trinajstić information content (AvgIpc) is 3.45. The third-order valence-corrected chi connectivity index (χ3v) is 15.1. The van der Waals surface area contributed by atoms with Gasteiger partial charge in [0, 0.05) is 30.6 Å². The van der Waals surface area contributed by atoms with Crippen molar-refractivity contribution in [2.24, 2.45) is 41.4 Å². The van der Waals surface area contributed by atoms with Crippen molar-refractivity contribution in [1.82, 2.24) is 0 Å². The fraction of sp³-hybridized carbons (Fsp3) is 0.953. The van der Waals surface area contributed by atoms with Gasteiger partial charge in [-0.1, -0.05) is 55.4 Å². The molecule has 5 fully saturated rings. The van der Waals surface area contributed by atoms with Gasteiger partial charge in [0.05, 0.1) is 47.1 Å². The lowest BCUT2D eigenvalue weighted by molar-refractivity contribution is -0.442. The van der Waals surface area contributed by atoms with Crippen LogP contribution in [0.4, 0.5) is 0 Å². The number of Topliss-reactive ketones (excluding diaryl/α,β-unsaturated/α-hetero) is 1. The van der Waals surface area contributed by atoms with Gasteiger partial charge >= 0.3 is 5.97 Å². The fourth-order valence-corrected chi connectivity index (χ4v) is 11.3. The van der Waals surface area contributed by atoms with E-state index in [2.05, 4.69) is 34.6 Å². The summed E-state index contributed by atoms with van der Waals surface area (Å²) in [5, 5.41) is 32.5. The second-order valence-electron chi connectivity index (χ2n) is 18.9. The van der Waals surface area contributed by atoms with E-state index in [1.54, 1.807) is 0 Å². The first kappa shape index (κ1) is 43.0. The van der Waals surface area contributed by atoms with Crippen LogP contribution in [0.25, 0.3) is 0 Å². The van der Waals surface area contributed by atoms with Crippen LogP contribution < -0.4 is 0 Å². The highest BCUT2D eigenvalue weighted by Gasteiger charge is 2.64. The Balaban J connectivity index is 1.29. The van der Waals surface area contributed by atoms with E-state index >= 15 is 0 Å². The van der Waals surface area contributed by atoms with Crippen LogP contribution in [0.5, 0.6) is 0 Å². The second kappa shape index (κ2) is 16.0. The number of carbonyl (C=O) groups is 2. The highest BCUT2D eigenvalue weighted by atomic mass is 16.8. The van der Waals surface area contributed by atoms with Crippen LogP contribution in [0.2, 0.25) is 0 Å². The van der Waals surface area contributed by atoms with Crippen molar-refractivity contribution in [2.75, 3.05) is 0 Å². The largest absolute Gasteiger partial charge is 0.481 e. The maximum Gasteiger partial charge on any atom is 0.309 e. The standard InChI is InChI=1S/C43H74O10/c1-12-31(35(45)26(5)23-27(6)36-25(4)15-18-39(10,50-36)32(13-2)38(46)47)37-28(7)24-29(8)42(51-37)20-16-33(44)43(53-42)22-21-40(11,52-43)34-17-19-41(48,14-3)30(9)49-34/h25-34,36-37,44,48H,12-24H2,1-11H3,(H,46,47)/t25-,26-,27-,28-,29+,30-,31-,32-,33+,34+,36+,37-,39+,40-,41+,42-,43-/m0/s1. The van der Waals surface area contributed by atoms with E-state index in [1.807, 2.05) is 41.5 Å². The molecule has 5 aliphatic heterocycles. The molecule has 3 N–H and O–H groups in total. The molecule has 0 saturated carbocycles. The SMILES string of the molecule is CC[C@@H](C(=O)[C@@H](C)C[C@H](C)[C@@H]1O[C@@](C)([C@@H](CC)C(=O)O)CC[C@@H]1C)[C@H]1O[C@]2(CC[C@@H](O)[C@]3(CC[C@@](C)([C@H]4CC[C@](O)(CC)[C@H](C)O4)O3)O2)[C@H](C)C[C@@H]1C. The molecule has 0 aliphatic carbocycles. The van der Waals surface area contributed by atoms with E-state index in [1.165, 1.54) is 0 Å². The zero-order valence-corrected chi connectivity index (χ0v) is 34.8. The summed E-state index contributed by atoms with van der Waals surface area (Å²) in [5.74, 6) is -3.46. The number of aliphatic hydroxyl groups is 2. The quantitative estimate of drug-likeness (QED) is 0.181. The number of rotatable bonds is 12. The molecular weight excluding hydrogens is 676 g/mol. The molecule has 0 bridgehead atoms. The van der Waals surface area contributed by atoms with E-state index in [0.29, 0.717) is 70.6 Å². The van der Waals surface area contributed by atoms with Crippen LogP contribution in [-0.2, 0) is 33.3 Å². The number of carboxylic acids is 1.